The summed E-state index contributed by atoms with van der Waals surface area (Å²) in [5, 5.41) is 0. The molecule has 170 valence electrons. The van der Waals surface area contributed by atoms with Crippen LogP contribution < -0.4 is 9.47 Å². The van der Waals surface area contributed by atoms with E-state index in [2.05, 4.69) is 72.8 Å². The molecule has 0 heterocycles. The highest BCUT2D eigenvalue weighted by atomic mass is 16.7. The van der Waals surface area contributed by atoms with E-state index < -0.39 is 11.6 Å². The van der Waals surface area contributed by atoms with Crippen molar-refractivity contribution in [3.63, 3.8) is 0 Å². The summed E-state index contributed by atoms with van der Waals surface area (Å²) in [6.45, 7) is 0. The number of carbonyl (C=O) groups excluding carboxylic acids is 1. The summed E-state index contributed by atoms with van der Waals surface area (Å²) in [5.74, 6) is 0.850. The van der Waals surface area contributed by atoms with E-state index in [0.717, 1.165) is 22.3 Å². The fourth-order valence-corrected chi connectivity index (χ4v) is 4.54. The number of benzene rings is 5. The number of ether oxygens (including phenoxy) is 2. The molecule has 0 radical (unpaired) electrons. The van der Waals surface area contributed by atoms with Crippen LogP contribution in [0.5, 0.6) is 11.5 Å². The molecule has 3 nitrogen and oxygen atoms in total. The van der Waals surface area contributed by atoms with Crippen LogP contribution in [0.25, 0.3) is 0 Å². The zero-order valence-electron chi connectivity index (χ0n) is 19.1. The van der Waals surface area contributed by atoms with Gasteiger partial charge in [0.05, 0.1) is 5.41 Å². The van der Waals surface area contributed by atoms with Crippen molar-refractivity contribution in [3.8, 4) is 11.5 Å². The average Bonchev–Trinajstić information content (AvgIpc) is 2.92. The van der Waals surface area contributed by atoms with Crippen molar-refractivity contribution in [2.45, 2.75) is 5.41 Å². The van der Waals surface area contributed by atoms with E-state index >= 15 is 0 Å². The molecule has 0 atom stereocenters. The first-order valence-electron chi connectivity index (χ1n) is 11.5. The van der Waals surface area contributed by atoms with E-state index in [1.165, 1.54) is 0 Å². The lowest BCUT2D eigenvalue weighted by molar-refractivity contribution is 0.152. The molecule has 3 heteroatoms. The van der Waals surface area contributed by atoms with E-state index in [4.69, 9.17) is 9.47 Å². The van der Waals surface area contributed by atoms with Gasteiger partial charge in [0.1, 0.15) is 11.5 Å². The van der Waals surface area contributed by atoms with Gasteiger partial charge in [-0.3, -0.25) is 0 Å². The SMILES string of the molecule is O=C(Oc1ccccc1)Oc1ccc(C(c2ccccc2)(c2ccccc2)c2ccccc2)cc1. The van der Waals surface area contributed by atoms with Crippen molar-refractivity contribution in [1.29, 1.82) is 0 Å². The van der Waals surface area contributed by atoms with Crippen molar-refractivity contribution < 1.29 is 14.3 Å². The van der Waals surface area contributed by atoms with Gasteiger partial charge >= 0.3 is 6.16 Å². The number of para-hydroxylation sites is 1. The normalized spacial score (nSPS) is 11.0. The highest BCUT2D eigenvalue weighted by molar-refractivity contribution is 5.67. The van der Waals surface area contributed by atoms with E-state index in [9.17, 15) is 4.79 Å². The van der Waals surface area contributed by atoms with Crippen LogP contribution in [0.1, 0.15) is 22.3 Å². The van der Waals surface area contributed by atoms with Crippen LogP contribution in [-0.2, 0) is 5.41 Å². The van der Waals surface area contributed by atoms with Crippen molar-refractivity contribution in [3.05, 3.63) is 168 Å². The average molecular weight is 457 g/mol. The molecule has 35 heavy (non-hydrogen) atoms. The highest BCUT2D eigenvalue weighted by Crippen LogP contribution is 2.45. The number of hydrogen-bond acceptors (Lipinski definition) is 3. The van der Waals surface area contributed by atoms with Gasteiger partial charge < -0.3 is 9.47 Å². The Morgan fingerprint density at radius 3 is 1.11 bits per heavy atom. The van der Waals surface area contributed by atoms with Crippen LogP contribution >= 0.6 is 0 Å². The standard InChI is InChI=1S/C32H24O3/c33-31(34-29-19-11-4-12-20-29)35-30-23-21-28(22-24-30)32(25-13-5-1-6-14-25,26-15-7-2-8-16-26)27-17-9-3-10-18-27/h1-24H. The molecule has 0 spiro atoms. The summed E-state index contributed by atoms with van der Waals surface area (Å²) in [6, 6.07) is 47.9. The lowest BCUT2D eigenvalue weighted by Crippen LogP contribution is -2.30. The maximum absolute atomic E-state index is 12.3. The molecule has 0 bridgehead atoms. The second kappa shape index (κ2) is 10.1. The minimum atomic E-state index is -0.774. The Morgan fingerprint density at radius 1 is 0.400 bits per heavy atom. The quantitative estimate of drug-likeness (QED) is 0.150. The molecule has 0 amide bonds. The fourth-order valence-electron chi connectivity index (χ4n) is 4.54. The largest absolute Gasteiger partial charge is 0.519 e. The fraction of sp³-hybridized carbons (Fsp3) is 0.0312. The van der Waals surface area contributed by atoms with Gasteiger partial charge in [-0.25, -0.2) is 4.79 Å². The molecule has 0 fully saturated rings. The Bertz CT molecular complexity index is 1270. The first-order valence-corrected chi connectivity index (χ1v) is 11.5. The van der Waals surface area contributed by atoms with Crippen LogP contribution in [0.3, 0.4) is 0 Å². The molecule has 0 aliphatic rings. The maximum atomic E-state index is 12.3. The Morgan fingerprint density at radius 2 is 0.714 bits per heavy atom. The van der Waals surface area contributed by atoms with Crippen LogP contribution in [0, 0.1) is 0 Å². The topological polar surface area (TPSA) is 35.5 Å². The predicted molar refractivity (Wildman–Crippen MR) is 138 cm³/mol. The minimum Gasteiger partial charge on any atom is -0.395 e. The van der Waals surface area contributed by atoms with Gasteiger partial charge in [-0.2, -0.15) is 0 Å². The molecule has 5 aromatic carbocycles. The maximum Gasteiger partial charge on any atom is 0.519 e. The van der Waals surface area contributed by atoms with Crippen LogP contribution in [0.15, 0.2) is 146 Å². The van der Waals surface area contributed by atoms with Gasteiger partial charge in [0.25, 0.3) is 0 Å². The molecular weight excluding hydrogens is 432 g/mol. The molecule has 0 N–H and O–H groups in total. The zero-order chi connectivity index (χ0) is 23.9. The Kier molecular flexibility index (Phi) is 6.40. The molecule has 5 aromatic rings. The zero-order valence-corrected chi connectivity index (χ0v) is 19.1. The van der Waals surface area contributed by atoms with E-state index in [0.29, 0.717) is 11.5 Å². The lowest BCUT2D eigenvalue weighted by atomic mass is 9.65. The van der Waals surface area contributed by atoms with Gasteiger partial charge in [-0.05, 0) is 46.5 Å². The molecule has 0 aliphatic carbocycles. The molecular formula is C32H24O3. The van der Waals surface area contributed by atoms with Crippen molar-refractivity contribution in [2.75, 3.05) is 0 Å². The van der Waals surface area contributed by atoms with Gasteiger partial charge in [0.15, 0.2) is 0 Å². The van der Waals surface area contributed by atoms with Crippen LogP contribution in [-0.4, -0.2) is 6.16 Å². The third-order valence-electron chi connectivity index (χ3n) is 6.05. The summed E-state index contributed by atoms with van der Waals surface area (Å²) in [5.41, 5.74) is 3.95. The first kappa shape index (κ1) is 22.2. The van der Waals surface area contributed by atoms with Crippen molar-refractivity contribution >= 4 is 6.16 Å². The Hall–Kier alpha value is -4.63. The number of hydrogen-bond donors (Lipinski definition) is 0. The Labute approximate surface area is 205 Å². The molecule has 0 unspecified atom stereocenters. The summed E-state index contributed by atoms with van der Waals surface area (Å²) in [6.07, 6.45) is -0.774. The smallest absolute Gasteiger partial charge is 0.395 e. The minimum absolute atomic E-state index is 0.415. The van der Waals surface area contributed by atoms with E-state index in [1.807, 2.05) is 48.5 Å². The summed E-state index contributed by atoms with van der Waals surface area (Å²) < 4.78 is 10.7. The third-order valence-corrected chi connectivity index (χ3v) is 6.05. The molecule has 0 saturated carbocycles. The summed E-state index contributed by atoms with van der Waals surface area (Å²) in [7, 11) is 0. The summed E-state index contributed by atoms with van der Waals surface area (Å²) in [4.78, 5) is 12.3. The lowest BCUT2D eigenvalue weighted by Gasteiger charge is -2.36. The Balaban J connectivity index is 1.57. The van der Waals surface area contributed by atoms with E-state index in [1.54, 1.807) is 24.3 Å². The monoisotopic (exact) mass is 456 g/mol. The van der Waals surface area contributed by atoms with Gasteiger partial charge in [0, 0.05) is 0 Å². The molecule has 0 saturated heterocycles. The van der Waals surface area contributed by atoms with Gasteiger partial charge in [0.2, 0.25) is 0 Å². The van der Waals surface area contributed by atoms with E-state index in [-0.39, 0.29) is 0 Å². The second-order valence-electron chi connectivity index (χ2n) is 8.14. The number of rotatable bonds is 6. The number of carbonyl (C=O) groups is 1. The molecule has 0 aliphatic heterocycles. The van der Waals surface area contributed by atoms with Gasteiger partial charge in [-0.15, -0.1) is 0 Å². The van der Waals surface area contributed by atoms with Crippen LogP contribution in [0.4, 0.5) is 4.79 Å². The summed E-state index contributed by atoms with van der Waals surface area (Å²) >= 11 is 0. The van der Waals surface area contributed by atoms with Crippen molar-refractivity contribution in [1.82, 2.24) is 0 Å². The third kappa shape index (κ3) is 4.57. The second-order valence-corrected chi connectivity index (χ2v) is 8.14. The molecule has 5 rings (SSSR count). The van der Waals surface area contributed by atoms with Gasteiger partial charge in [-0.1, -0.05) is 121 Å². The molecule has 0 aromatic heterocycles. The highest BCUT2D eigenvalue weighted by Gasteiger charge is 2.38. The predicted octanol–water partition coefficient (Wildman–Crippen LogP) is 7.65. The van der Waals surface area contributed by atoms with Crippen molar-refractivity contribution in [2.24, 2.45) is 0 Å². The first-order chi connectivity index (χ1) is 17.3. The van der Waals surface area contributed by atoms with Crippen LogP contribution in [0.2, 0.25) is 0 Å².